The van der Waals surface area contributed by atoms with Crippen LogP contribution in [0.4, 0.5) is 5.69 Å². The van der Waals surface area contributed by atoms with Gasteiger partial charge in [0.1, 0.15) is 0 Å². The molecule has 100 valence electrons. The van der Waals surface area contributed by atoms with E-state index in [4.69, 9.17) is 5.73 Å². The summed E-state index contributed by atoms with van der Waals surface area (Å²) in [6.45, 7) is 6.93. The lowest BCUT2D eigenvalue weighted by atomic mass is 9.98. The fourth-order valence-corrected chi connectivity index (χ4v) is 2.33. The minimum Gasteiger partial charge on any atom is -0.377 e. The van der Waals surface area contributed by atoms with E-state index in [0.29, 0.717) is 6.54 Å². The van der Waals surface area contributed by atoms with Gasteiger partial charge in [0.25, 0.3) is 0 Å². The van der Waals surface area contributed by atoms with E-state index in [1.165, 1.54) is 22.3 Å². The molecule has 1 atom stereocenters. The molecule has 0 bridgehead atoms. The van der Waals surface area contributed by atoms with Gasteiger partial charge in [-0.2, -0.15) is 0 Å². The highest BCUT2D eigenvalue weighted by molar-refractivity contribution is 5.49. The summed E-state index contributed by atoms with van der Waals surface area (Å²) in [6.07, 6.45) is 0. The number of nitrogens with one attached hydrogen (secondary N) is 1. The van der Waals surface area contributed by atoms with Gasteiger partial charge in [0.2, 0.25) is 0 Å². The number of benzene rings is 2. The number of hydrogen-bond acceptors (Lipinski definition) is 2. The van der Waals surface area contributed by atoms with E-state index >= 15 is 0 Å². The van der Waals surface area contributed by atoms with Gasteiger partial charge in [-0.05, 0) is 49.6 Å². The first kappa shape index (κ1) is 13.6. The van der Waals surface area contributed by atoms with Gasteiger partial charge in [-0.1, -0.05) is 35.9 Å². The monoisotopic (exact) mass is 254 g/mol. The van der Waals surface area contributed by atoms with Crippen LogP contribution < -0.4 is 11.1 Å². The Kier molecular flexibility index (Phi) is 4.23. The molecule has 0 aliphatic heterocycles. The van der Waals surface area contributed by atoms with Gasteiger partial charge in [0, 0.05) is 12.2 Å². The highest BCUT2D eigenvalue weighted by Crippen LogP contribution is 2.23. The third-order valence-electron chi connectivity index (χ3n) is 3.40. The summed E-state index contributed by atoms with van der Waals surface area (Å²) in [5, 5.41) is 3.53. The van der Waals surface area contributed by atoms with Crippen LogP contribution in [0.1, 0.15) is 28.3 Å². The fraction of sp³-hybridized carbons (Fsp3) is 0.294. The lowest BCUT2D eigenvalue weighted by Crippen LogP contribution is -2.21. The molecule has 0 saturated heterocycles. The van der Waals surface area contributed by atoms with Crippen molar-refractivity contribution in [2.75, 3.05) is 11.9 Å². The van der Waals surface area contributed by atoms with Crippen LogP contribution in [0.3, 0.4) is 0 Å². The fourth-order valence-electron chi connectivity index (χ4n) is 2.33. The SMILES string of the molecule is Cc1cccc(NC(CN)c2cc(C)ccc2C)c1. The van der Waals surface area contributed by atoms with Gasteiger partial charge in [0.05, 0.1) is 6.04 Å². The molecule has 2 aromatic carbocycles. The molecule has 2 aromatic rings. The van der Waals surface area contributed by atoms with Crippen molar-refractivity contribution < 1.29 is 0 Å². The van der Waals surface area contributed by atoms with Crippen LogP contribution in [0.5, 0.6) is 0 Å². The van der Waals surface area contributed by atoms with E-state index in [1.54, 1.807) is 0 Å². The van der Waals surface area contributed by atoms with Crippen molar-refractivity contribution in [3.05, 3.63) is 64.7 Å². The third-order valence-corrected chi connectivity index (χ3v) is 3.40. The Hall–Kier alpha value is -1.80. The Labute approximate surface area is 115 Å². The van der Waals surface area contributed by atoms with Crippen molar-refractivity contribution >= 4 is 5.69 Å². The van der Waals surface area contributed by atoms with Crippen molar-refractivity contribution in [1.29, 1.82) is 0 Å². The Bertz CT molecular complexity index is 561. The van der Waals surface area contributed by atoms with E-state index in [-0.39, 0.29) is 6.04 Å². The van der Waals surface area contributed by atoms with Crippen LogP contribution in [-0.4, -0.2) is 6.54 Å². The van der Waals surface area contributed by atoms with Crippen LogP contribution in [0.2, 0.25) is 0 Å². The summed E-state index contributed by atoms with van der Waals surface area (Å²) in [5.41, 5.74) is 12.1. The van der Waals surface area contributed by atoms with Gasteiger partial charge in [0.15, 0.2) is 0 Å². The quantitative estimate of drug-likeness (QED) is 0.872. The summed E-state index contributed by atoms with van der Waals surface area (Å²) in [5.74, 6) is 0. The largest absolute Gasteiger partial charge is 0.377 e. The van der Waals surface area contributed by atoms with Crippen LogP contribution in [0.25, 0.3) is 0 Å². The number of hydrogen-bond donors (Lipinski definition) is 2. The van der Waals surface area contributed by atoms with Gasteiger partial charge in [-0.25, -0.2) is 0 Å². The van der Waals surface area contributed by atoms with Crippen LogP contribution >= 0.6 is 0 Å². The number of rotatable bonds is 4. The molecule has 0 radical (unpaired) electrons. The van der Waals surface area contributed by atoms with Crippen molar-refractivity contribution in [1.82, 2.24) is 0 Å². The Morgan fingerprint density at radius 3 is 2.42 bits per heavy atom. The minimum atomic E-state index is 0.154. The Morgan fingerprint density at radius 2 is 1.74 bits per heavy atom. The first-order valence-electron chi connectivity index (χ1n) is 6.70. The normalized spacial score (nSPS) is 12.2. The zero-order valence-electron chi connectivity index (χ0n) is 11.9. The number of anilines is 1. The maximum atomic E-state index is 5.95. The predicted octanol–water partition coefficient (Wildman–Crippen LogP) is 3.72. The smallest absolute Gasteiger partial charge is 0.0638 e. The summed E-state index contributed by atoms with van der Waals surface area (Å²) < 4.78 is 0. The molecular formula is C17H22N2. The summed E-state index contributed by atoms with van der Waals surface area (Å²) >= 11 is 0. The summed E-state index contributed by atoms with van der Waals surface area (Å²) in [7, 11) is 0. The average Bonchev–Trinajstić information content (AvgIpc) is 2.39. The predicted molar refractivity (Wildman–Crippen MR) is 82.5 cm³/mol. The second-order valence-corrected chi connectivity index (χ2v) is 5.16. The van der Waals surface area contributed by atoms with Crippen molar-refractivity contribution in [3.8, 4) is 0 Å². The van der Waals surface area contributed by atoms with E-state index < -0.39 is 0 Å². The standard InChI is InChI=1S/C17H22N2/c1-12-5-4-6-15(9-12)19-17(11-18)16-10-13(2)7-8-14(16)3/h4-10,17,19H,11,18H2,1-3H3. The lowest BCUT2D eigenvalue weighted by molar-refractivity contribution is 0.782. The number of aryl methyl sites for hydroxylation is 3. The van der Waals surface area contributed by atoms with E-state index in [1.807, 2.05) is 0 Å². The second-order valence-electron chi connectivity index (χ2n) is 5.16. The van der Waals surface area contributed by atoms with Gasteiger partial charge in [-0.3, -0.25) is 0 Å². The van der Waals surface area contributed by atoms with E-state index in [9.17, 15) is 0 Å². The highest BCUT2D eigenvalue weighted by atomic mass is 14.9. The Morgan fingerprint density at radius 1 is 1.00 bits per heavy atom. The zero-order chi connectivity index (χ0) is 13.8. The Balaban J connectivity index is 2.27. The van der Waals surface area contributed by atoms with Crippen molar-refractivity contribution in [3.63, 3.8) is 0 Å². The molecule has 0 aliphatic rings. The topological polar surface area (TPSA) is 38.0 Å². The zero-order valence-corrected chi connectivity index (χ0v) is 11.9. The maximum Gasteiger partial charge on any atom is 0.0638 e. The number of nitrogens with two attached hydrogens (primary N) is 1. The minimum absolute atomic E-state index is 0.154. The second kappa shape index (κ2) is 5.89. The maximum absolute atomic E-state index is 5.95. The van der Waals surface area contributed by atoms with Crippen LogP contribution in [0.15, 0.2) is 42.5 Å². The molecule has 19 heavy (non-hydrogen) atoms. The molecule has 0 aromatic heterocycles. The van der Waals surface area contributed by atoms with Crippen LogP contribution in [-0.2, 0) is 0 Å². The molecule has 0 aliphatic carbocycles. The van der Waals surface area contributed by atoms with E-state index in [0.717, 1.165) is 5.69 Å². The van der Waals surface area contributed by atoms with Gasteiger partial charge in [-0.15, -0.1) is 0 Å². The molecule has 0 amide bonds. The molecule has 1 unspecified atom stereocenters. The van der Waals surface area contributed by atoms with Crippen LogP contribution in [0, 0.1) is 20.8 Å². The van der Waals surface area contributed by atoms with Gasteiger partial charge >= 0.3 is 0 Å². The third kappa shape index (κ3) is 3.36. The molecule has 0 heterocycles. The molecular weight excluding hydrogens is 232 g/mol. The van der Waals surface area contributed by atoms with Gasteiger partial charge < -0.3 is 11.1 Å². The average molecular weight is 254 g/mol. The molecule has 0 fully saturated rings. The molecule has 0 saturated carbocycles. The van der Waals surface area contributed by atoms with E-state index in [2.05, 4.69) is 68.6 Å². The molecule has 0 spiro atoms. The highest BCUT2D eigenvalue weighted by Gasteiger charge is 2.12. The van der Waals surface area contributed by atoms with Crippen molar-refractivity contribution in [2.45, 2.75) is 26.8 Å². The lowest BCUT2D eigenvalue weighted by Gasteiger charge is -2.21. The van der Waals surface area contributed by atoms with Crippen molar-refractivity contribution in [2.24, 2.45) is 5.73 Å². The summed E-state index contributed by atoms with van der Waals surface area (Å²) in [6, 6.07) is 15.1. The first-order chi connectivity index (χ1) is 9.10. The molecule has 3 N–H and O–H groups in total. The first-order valence-corrected chi connectivity index (χ1v) is 6.70. The molecule has 2 heteroatoms. The molecule has 2 rings (SSSR count). The summed E-state index contributed by atoms with van der Waals surface area (Å²) in [4.78, 5) is 0. The molecule has 2 nitrogen and oxygen atoms in total.